The number of carbonyl (C=O) groups excluding carboxylic acids is 1. The third-order valence-electron chi connectivity index (χ3n) is 3.84. The maximum absolute atomic E-state index is 12.4. The molecule has 5 nitrogen and oxygen atoms in total. The lowest BCUT2D eigenvalue weighted by atomic mass is 10.0. The van der Waals surface area contributed by atoms with Crippen LogP contribution in [0, 0.1) is 0 Å². The number of amides is 2. The number of nitrogens with one attached hydrogen (secondary N) is 1. The largest absolute Gasteiger partial charge is 0.481 e. The first-order valence-corrected chi connectivity index (χ1v) is 6.77. The van der Waals surface area contributed by atoms with E-state index < -0.39 is 11.9 Å². The summed E-state index contributed by atoms with van der Waals surface area (Å²) < 4.78 is 0. The summed E-state index contributed by atoms with van der Waals surface area (Å²) in [4.78, 5) is 25.2. The summed E-state index contributed by atoms with van der Waals surface area (Å²) in [5.41, 5.74) is 1.07. The van der Waals surface area contributed by atoms with Gasteiger partial charge in [-0.15, -0.1) is 0 Å². The Morgan fingerprint density at radius 3 is 2.65 bits per heavy atom. The number of fused-ring (bicyclic) bond motifs is 1. The molecule has 1 atom stereocenters. The Bertz CT molecular complexity index is 540. The van der Waals surface area contributed by atoms with Crippen LogP contribution in [0.4, 0.5) is 10.5 Å². The van der Waals surface area contributed by atoms with Gasteiger partial charge in [-0.25, -0.2) is 4.79 Å². The van der Waals surface area contributed by atoms with E-state index in [9.17, 15) is 14.7 Å². The third-order valence-corrected chi connectivity index (χ3v) is 3.84. The number of anilines is 1. The summed E-state index contributed by atoms with van der Waals surface area (Å²) in [6, 6.07) is 6.93. The minimum Gasteiger partial charge on any atom is -0.481 e. The van der Waals surface area contributed by atoms with Gasteiger partial charge in [0.2, 0.25) is 0 Å². The lowest BCUT2D eigenvalue weighted by Crippen LogP contribution is -2.49. The molecule has 20 heavy (non-hydrogen) atoms. The molecule has 5 heteroatoms. The minimum atomic E-state index is -0.900. The first-order valence-electron chi connectivity index (χ1n) is 6.77. The van der Waals surface area contributed by atoms with E-state index in [0.717, 1.165) is 6.42 Å². The molecule has 1 aliphatic rings. The Kier molecular flexibility index (Phi) is 3.70. The van der Waals surface area contributed by atoms with Crippen LogP contribution in [0.3, 0.4) is 0 Å². The number of rotatable bonds is 3. The number of carboxylic acid groups (broad SMARTS) is 1. The van der Waals surface area contributed by atoms with Crippen LogP contribution in [0.2, 0.25) is 0 Å². The van der Waals surface area contributed by atoms with Crippen molar-refractivity contribution in [1.29, 1.82) is 0 Å². The fraction of sp³-hybridized carbons (Fsp3) is 0.467. The fourth-order valence-electron chi connectivity index (χ4n) is 2.26. The summed E-state index contributed by atoms with van der Waals surface area (Å²) in [6.07, 6.45) is 0.802. The Hall–Kier alpha value is -2.04. The van der Waals surface area contributed by atoms with E-state index in [2.05, 4.69) is 5.32 Å². The summed E-state index contributed by atoms with van der Waals surface area (Å²) in [5.74, 6) is -1.55. The van der Waals surface area contributed by atoms with Crippen molar-refractivity contribution in [3.63, 3.8) is 0 Å². The highest BCUT2D eigenvalue weighted by molar-refractivity contribution is 5.98. The van der Waals surface area contributed by atoms with Crippen LogP contribution in [0.15, 0.2) is 24.3 Å². The van der Waals surface area contributed by atoms with Gasteiger partial charge < -0.3 is 10.4 Å². The van der Waals surface area contributed by atoms with Gasteiger partial charge in [-0.1, -0.05) is 25.1 Å². The molecule has 0 aliphatic carbocycles. The van der Waals surface area contributed by atoms with Gasteiger partial charge in [-0.2, -0.15) is 0 Å². The Labute approximate surface area is 118 Å². The van der Waals surface area contributed by atoms with Gasteiger partial charge in [0.15, 0.2) is 0 Å². The van der Waals surface area contributed by atoms with Crippen LogP contribution in [-0.2, 0) is 4.79 Å². The van der Waals surface area contributed by atoms with Crippen molar-refractivity contribution in [3.8, 4) is 0 Å². The van der Waals surface area contributed by atoms with Crippen molar-refractivity contribution in [3.05, 3.63) is 29.8 Å². The second-order valence-corrected chi connectivity index (χ2v) is 5.73. The molecule has 0 fully saturated rings. The number of para-hydroxylation sites is 1. The number of carboxylic acids is 1. The normalized spacial score (nSPS) is 17.8. The molecule has 2 N–H and O–H groups in total. The van der Waals surface area contributed by atoms with Gasteiger partial charge in [0, 0.05) is 17.8 Å². The maximum atomic E-state index is 12.4. The molecule has 0 spiro atoms. The van der Waals surface area contributed by atoms with Crippen LogP contribution in [0.5, 0.6) is 0 Å². The second kappa shape index (κ2) is 5.15. The number of aliphatic carboxylic acids is 1. The Balaban J connectivity index is 2.27. The average Bonchev–Trinajstić information content (AvgIpc) is 2.78. The molecule has 1 heterocycles. The predicted molar refractivity (Wildman–Crippen MR) is 77.1 cm³/mol. The lowest BCUT2D eigenvalue weighted by Gasteiger charge is -2.28. The number of hydrogen-bond acceptors (Lipinski definition) is 2. The smallest absolute Gasteiger partial charge is 0.322 e. The zero-order valence-corrected chi connectivity index (χ0v) is 12.0. The summed E-state index contributed by atoms with van der Waals surface area (Å²) in [5, 5.41) is 12.2. The van der Waals surface area contributed by atoms with Crippen LogP contribution >= 0.6 is 0 Å². The molecule has 1 aromatic rings. The second-order valence-electron chi connectivity index (χ2n) is 5.73. The molecule has 0 saturated carbocycles. The average molecular weight is 276 g/mol. The monoisotopic (exact) mass is 276 g/mol. The number of benzene rings is 1. The quantitative estimate of drug-likeness (QED) is 0.891. The molecule has 2 rings (SSSR count). The van der Waals surface area contributed by atoms with Crippen LogP contribution in [-0.4, -0.2) is 29.2 Å². The molecule has 1 aliphatic heterocycles. The SMILES string of the molecule is CCC(C)(C)NC(=O)N1CC(C(=O)O)c2ccccc21. The van der Waals surface area contributed by atoms with Gasteiger partial charge in [0.1, 0.15) is 5.92 Å². The molecule has 0 radical (unpaired) electrons. The molecule has 2 amide bonds. The van der Waals surface area contributed by atoms with Crippen LogP contribution in [0.25, 0.3) is 0 Å². The summed E-state index contributed by atoms with van der Waals surface area (Å²) >= 11 is 0. The molecule has 0 saturated heterocycles. The third kappa shape index (κ3) is 2.61. The van der Waals surface area contributed by atoms with Crippen molar-refractivity contribution < 1.29 is 14.7 Å². The number of hydrogen-bond donors (Lipinski definition) is 2. The van der Waals surface area contributed by atoms with Crippen LogP contribution in [0.1, 0.15) is 38.7 Å². The minimum absolute atomic E-state index is 0.181. The van der Waals surface area contributed by atoms with E-state index in [1.165, 1.54) is 4.90 Å². The van der Waals surface area contributed by atoms with E-state index in [1.807, 2.05) is 26.8 Å². The highest BCUT2D eigenvalue weighted by atomic mass is 16.4. The van der Waals surface area contributed by atoms with Crippen molar-refractivity contribution in [2.24, 2.45) is 0 Å². The van der Waals surface area contributed by atoms with Crippen molar-refractivity contribution in [2.45, 2.75) is 38.6 Å². The van der Waals surface area contributed by atoms with Gasteiger partial charge in [-0.05, 0) is 31.9 Å². The first kappa shape index (κ1) is 14.4. The van der Waals surface area contributed by atoms with E-state index >= 15 is 0 Å². The molecular formula is C15H20N2O3. The Morgan fingerprint density at radius 2 is 2.05 bits per heavy atom. The number of carbonyl (C=O) groups is 2. The summed E-state index contributed by atoms with van der Waals surface area (Å²) in [6.45, 7) is 6.07. The topological polar surface area (TPSA) is 69.6 Å². The first-order chi connectivity index (χ1) is 9.35. The van der Waals surface area contributed by atoms with E-state index in [1.54, 1.807) is 18.2 Å². The standard InChI is InChI=1S/C15H20N2O3/c1-4-15(2,3)16-14(20)17-9-11(13(18)19)10-7-5-6-8-12(10)17/h5-8,11H,4,9H2,1-3H3,(H,16,20)(H,18,19). The lowest BCUT2D eigenvalue weighted by molar-refractivity contribution is -0.138. The predicted octanol–water partition coefficient (Wildman–Crippen LogP) is 2.57. The van der Waals surface area contributed by atoms with Crippen LogP contribution < -0.4 is 10.2 Å². The zero-order chi connectivity index (χ0) is 14.9. The molecule has 0 aromatic heterocycles. The highest BCUT2D eigenvalue weighted by Crippen LogP contribution is 2.36. The highest BCUT2D eigenvalue weighted by Gasteiger charge is 2.37. The van der Waals surface area contributed by atoms with E-state index in [0.29, 0.717) is 11.3 Å². The molecule has 0 bridgehead atoms. The van der Waals surface area contributed by atoms with E-state index in [4.69, 9.17) is 0 Å². The fourth-order valence-corrected chi connectivity index (χ4v) is 2.26. The Morgan fingerprint density at radius 1 is 1.40 bits per heavy atom. The van der Waals surface area contributed by atoms with Crippen molar-refractivity contribution in [2.75, 3.05) is 11.4 Å². The summed E-state index contributed by atoms with van der Waals surface area (Å²) in [7, 11) is 0. The molecular weight excluding hydrogens is 256 g/mol. The zero-order valence-electron chi connectivity index (χ0n) is 12.0. The van der Waals surface area contributed by atoms with Gasteiger partial charge >= 0.3 is 12.0 Å². The molecule has 1 unspecified atom stereocenters. The van der Waals surface area contributed by atoms with E-state index in [-0.39, 0.29) is 18.1 Å². The van der Waals surface area contributed by atoms with Crippen molar-refractivity contribution >= 4 is 17.7 Å². The number of urea groups is 1. The molecule has 108 valence electrons. The number of nitrogens with zero attached hydrogens (tertiary/aromatic N) is 1. The van der Waals surface area contributed by atoms with Crippen molar-refractivity contribution in [1.82, 2.24) is 5.32 Å². The van der Waals surface area contributed by atoms with Gasteiger partial charge in [-0.3, -0.25) is 9.69 Å². The van der Waals surface area contributed by atoms with Gasteiger partial charge in [0.25, 0.3) is 0 Å². The molecule has 1 aromatic carbocycles. The van der Waals surface area contributed by atoms with Gasteiger partial charge in [0.05, 0.1) is 0 Å². The maximum Gasteiger partial charge on any atom is 0.322 e.